The van der Waals surface area contributed by atoms with E-state index in [2.05, 4.69) is 20.5 Å². The zero-order chi connectivity index (χ0) is 16.9. The van der Waals surface area contributed by atoms with Gasteiger partial charge >= 0.3 is 0 Å². The summed E-state index contributed by atoms with van der Waals surface area (Å²) in [6.07, 6.45) is 0. The Morgan fingerprint density at radius 3 is 2.67 bits per heavy atom. The Hall–Kier alpha value is -2.32. The summed E-state index contributed by atoms with van der Waals surface area (Å²) >= 11 is 2.92. The van der Waals surface area contributed by atoms with Crippen LogP contribution in [0.15, 0.2) is 35.2 Å². The van der Waals surface area contributed by atoms with Crippen LogP contribution in [0, 0.1) is 0 Å². The van der Waals surface area contributed by atoms with Gasteiger partial charge in [-0.3, -0.25) is 10.1 Å². The Kier molecular flexibility index (Phi) is 5.17. The largest absolute Gasteiger partial charge is 0.487 e. The fourth-order valence-corrected chi connectivity index (χ4v) is 3.14. The molecule has 1 amide bonds. The highest BCUT2D eigenvalue weighted by Gasteiger charge is 2.12. The second kappa shape index (κ2) is 7.50. The van der Waals surface area contributed by atoms with Gasteiger partial charge in [-0.25, -0.2) is 4.98 Å². The zero-order valence-corrected chi connectivity index (χ0v) is 14.9. The molecule has 2 aromatic heterocycles. The minimum atomic E-state index is -0.215. The first-order valence-corrected chi connectivity index (χ1v) is 9.12. The van der Waals surface area contributed by atoms with Crippen molar-refractivity contribution >= 4 is 33.7 Å². The molecule has 0 aliphatic heterocycles. The van der Waals surface area contributed by atoms with Crippen LogP contribution in [0.5, 0.6) is 5.75 Å². The number of carbonyl (C=O) groups is 1. The van der Waals surface area contributed by atoms with E-state index in [0.29, 0.717) is 29.0 Å². The van der Waals surface area contributed by atoms with Crippen molar-refractivity contribution in [1.82, 2.24) is 15.2 Å². The second-order valence-corrected chi connectivity index (χ2v) is 7.07. The van der Waals surface area contributed by atoms with Crippen LogP contribution in [0.1, 0.15) is 40.8 Å². The van der Waals surface area contributed by atoms with Gasteiger partial charge in [-0.15, -0.1) is 21.5 Å². The molecule has 2 heterocycles. The quantitative estimate of drug-likeness (QED) is 0.720. The molecule has 0 aliphatic carbocycles. The van der Waals surface area contributed by atoms with Crippen LogP contribution in [-0.2, 0) is 6.61 Å². The van der Waals surface area contributed by atoms with E-state index in [1.807, 2.05) is 19.2 Å². The third-order valence-corrected chi connectivity index (χ3v) is 4.92. The van der Waals surface area contributed by atoms with Crippen molar-refractivity contribution < 1.29 is 9.53 Å². The topological polar surface area (TPSA) is 77.0 Å². The van der Waals surface area contributed by atoms with Gasteiger partial charge in [0.25, 0.3) is 5.91 Å². The Labute approximate surface area is 147 Å². The first-order valence-electron chi connectivity index (χ1n) is 7.36. The van der Waals surface area contributed by atoms with E-state index in [0.717, 1.165) is 10.7 Å². The molecule has 1 N–H and O–H groups in total. The van der Waals surface area contributed by atoms with E-state index < -0.39 is 0 Å². The summed E-state index contributed by atoms with van der Waals surface area (Å²) in [7, 11) is 0. The Morgan fingerprint density at radius 2 is 2.04 bits per heavy atom. The molecule has 0 unspecified atom stereocenters. The number of hydrogen-bond acceptors (Lipinski definition) is 7. The van der Waals surface area contributed by atoms with Gasteiger partial charge in [0.05, 0.1) is 11.2 Å². The first kappa shape index (κ1) is 16.5. The minimum Gasteiger partial charge on any atom is -0.487 e. The maximum Gasteiger partial charge on any atom is 0.257 e. The number of nitrogens with one attached hydrogen (secondary N) is 1. The number of benzene rings is 1. The average molecular weight is 360 g/mol. The highest BCUT2D eigenvalue weighted by molar-refractivity contribution is 7.15. The number of carbonyl (C=O) groups excluding carboxylic acids is 1. The lowest BCUT2D eigenvalue weighted by atomic mass is 10.2. The van der Waals surface area contributed by atoms with Crippen molar-refractivity contribution in [2.75, 3.05) is 5.32 Å². The number of anilines is 1. The van der Waals surface area contributed by atoms with E-state index in [4.69, 9.17) is 4.74 Å². The lowest BCUT2D eigenvalue weighted by Gasteiger charge is -2.05. The third-order valence-electron chi connectivity index (χ3n) is 3.14. The number of amides is 1. The fourth-order valence-electron chi connectivity index (χ4n) is 1.86. The monoisotopic (exact) mass is 360 g/mol. The summed E-state index contributed by atoms with van der Waals surface area (Å²) < 4.78 is 5.63. The number of aromatic nitrogens is 3. The molecular formula is C16H16N4O2S2. The molecule has 0 saturated heterocycles. The lowest BCUT2D eigenvalue weighted by molar-refractivity contribution is 0.102. The van der Waals surface area contributed by atoms with Gasteiger partial charge in [-0.2, -0.15) is 0 Å². The van der Waals surface area contributed by atoms with E-state index in [1.165, 1.54) is 22.7 Å². The van der Waals surface area contributed by atoms with Gasteiger partial charge in [0.1, 0.15) is 17.4 Å². The maximum atomic E-state index is 12.2. The fraction of sp³-hybridized carbons (Fsp3) is 0.250. The Bertz CT molecular complexity index is 798. The predicted octanol–water partition coefficient (Wildman–Crippen LogP) is 3.95. The van der Waals surface area contributed by atoms with Crippen molar-refractivity contribution in [2.45, 2.75) is 26.4 Å². The van der Waals surface area contributed by atoms with Crippen LogP contribution in [0.25, 0.3) is 0 Å². The Balaban J connectivity index is 1.58. The van der Waals surface area contributed by atoms with E-state index in [-0.39, 0.29) is 5.91 Å². The molecule has 0 atom stereocenters. The molecule has 3 aromatic rings. The summed E-state index contributed by atoms with van der Waals surface area (Å²) in [4.78, 5) is 16.4. The SMILES string of the molecule is CC(C)c1nnc(NC(=O)c2ccc(OCc3cscn3)cc2)s1. The van der Waals surface area contributed by atoms with Crippen LogP contribution < -0.4 is 10.1 Å². The molecule has 24 heavy (non-hydrogen) atoms. The number of hydrogen-bond donors (Lipinski definition) is 1. The summed E-state index contributed by atoms with van der Waals surface area (Å²) in [5, 5.41) is 14.1. The van der Waals surface area contributed by atoms with E-state index >= 15 is 0 Å². The maximum absolute atomic E-state index is 12.2. The molecule has 124 valence electrons. The highest BCUT2D eigenvalue weighted by atomic mass is 32.1. The summed E-state index contributed by atoms with van der Waals surface area (Å²) in [5.41, 5.74) is 3.20. The first-order chi connectivity index (χ1) is 11.6. The van der Waals surface area contributed by atoms with Crippen molar-refractivity contribution in [3.8, 4) is 5.75 Å². The highest BCUT2D eigenvalue weighted by Crippen LogP contribution is 2.23. The van der Waals surface area contributed by atoms with Crippen LogP contribution in [-0.4, -0.2) is 21.1 Å². The number of ether oxygens (including phenoxy) is 1. The van der Waals surface area contributed by atoms with E-state index in [1.54, 1.807) is 29.8 Å². The second-order valence-electron chi connectivity index (χ2n) is 5.35. The van der Waals surface area contributed by atoms with Crippen LogP contribution >= 0.6 is 22.7 Å². The van der Waals surface area contributed by atoms with Crippen molar-refractivity contribution in [1.29, 1.82) is 0 Å². The number of rotatable bonds is 6. The third kappa shape index (κ3) is 4.15. The van der Waals surface area contributed by atoms with Crippen molar-refractivity contribution in [3.63, 3.8) is 0 Å². The molecule has 1 aromatic carbocycles. The average Bonchev–Trinajstić information content (AvgIpc) is 3.25. The minimum absolute atomic E-state index is 0.215. The van der Waals surface area contributed by atoms with Crippen LogP contribution in [0.2, 0.25) is 0 Å². The smallest absolute Gasteiger partial charge is 0.257 e. The molecule has 0 aliphatic rings. The Morgan fingerprint density at radius 1 is 1.25 bits per heavy atom. The summed E-state index contributed by atoms with van der Waals surface area (Å²) in [5.74, 6) is 0.771. The van der Waals surface area contributed by atoms with Gasteiger partial charge in [0, 0.05) is 16.9 Å². The molecule has 0 spiro atoms. The molecule has 0 fully saturated rings. The molecule has 0 radical (unpaired) electrons. The van der Waals surface area contributed by atoms with Gasteiger partial charge in [0.2, 0.25) is 5.13 Å². The van der Waals surface area contributed by atoms with Crippen molar-refractivity contribution in [2.24, 2.45) is 0 Å². The lowest BCUT2D eigenvalue weighted by Crippen LogP contribution is -2.11. The van der Waals surface area contributed by atoms with Crippen LogP contribution in [0.4, 0.5) is 5.13 Å². The number of nitrogens with zero attached hydrogens (tertiary/aromatic N) is 3. The number of thiazole rings is 1. The zero-order valence-electron chi connectivity index (χ0n) is 13.2. The molecule has 0 bridgehead atoms. The summed E-state index contributed by atoms with van der Waals surface area (Å²) in [6, 6.07) is 6.97. The van der Waals surface area contributed by atoms with Crippen molar-refractivity contribution in [3.05, 3.63) is 51.4 Å². The summed E-state index contributed by atoms with van der Waals surface area (Å²) in [6.45, 7) is 4.49. The predicted molar refractivity (Wildman–Crippen MR) is 94.8 cm³/mol. The molecular weight excluding hydrogens is 344 g/mol. The van der Waals surface area contributed by atoms with Gasteiger partial charge in [-0.1, -0.05) is 25.2 Å². The standard InChI is InChI=1S/C16H16N4O2S2/c1-10(2)15-19-20-16(24-15)18-14(21)11-3-5-13(6-4-11)22-7-12-8-23-9-17-12/h3-6,8-10H,7H2,1-2H3,(H,18,20,21). The van der Waals surface area contributed by atoms with Gasteiger partial charge in [0.15, 0.2) is 0 Å². The van der Waals surface area contributed by atoms with Crippen LogP contribution in [0.3, 0.4) is 0 Å². The van der Waals surface area contributed by atoms with Gasteiger partial charge in [-0.05, 0) is 24.3 Å². The van der Waals surface area contributed by atoms with Gasteiger partial charge < -0.3 is 4.74 Å². The molecule has 6 nitrogen and oxygen atoms in total. The molecule has 3 rings (SSSR count). The van der Waals surface area contributed by atoms with E-state index in [9.17, 15) is 4.79 Å². The molecule has 8 heteroatoms. The normalized spacial score (nSPS) is 10.8. The molecule has 0 saturated carbocycles.